The van der Waals surface area contributed by atoms with Crippen molar-refractivity contribution in [2.75, 3.05) is 59.2 Å². The molecule has 0 bridgehead atoms. The number of carbonyl (C=O) groups excluding carboxylic acids is 1. The highest BCUT2D eigenvalue weighted by Gasteiger charge is 2.20. The van der Waals surface area contributed by atoms with Gasteiger partial charge in [0.15, 0.2) is 5.65 Å². The van der Waals surface area contributed by atoms with Crippen LogP contribution in [0.15, 0.2) is 36.8 Å². The van der Waals surface area contributed by atoms with Crippen molar-refractivity contribution >= 4 is 28.4 Å². The second-order valence-electron chi connectivity index (χ2n) is 8.41. The molecule has 1 aliphatic heterocycles. The predicted molar refractivity (Wildman–Crippen MR) is 129 cm³/mol. The lowest BCUT2D eigenvalue weighted by Gasteiger charge is -2.32. The van der Waals surface area contributed by atoms with Crippen LogP contribution in [0.3, 0.4) is 0 Å². The molecular weight excluding hydrogens is 418 g/mol. The molecule has 0 aliphatic carbocycles. The average molecular weight is 448 g/mol. The minimum atomic E-state index is -0.215. The van der Waals surface area contributed by atoms with E-state index in [1.165, 1.54) is 0 Å². The van der Waals surface area contributed by atoms with Crippen molar-refractivity contribution in [2.45, 2.75) is 6.54 Å². The summed E-state index contributed by atoms with van der Waals surface area (Å²) in [7, 11) is 5.61. The fourth-order valence-electron chi connectivity index (χ4n) is 4.39. The molecule has 4 aromatic heterocycles. The molecule has 1 fully saturated rings. The number of hydrogen-bond acceptors (Lipinski definition) is 7. The summed E-state index contributed by atoms with van der Waals surface area (Å²) in [6.07, 6.45) is 5.50. The maximum absolute atomic E-state index is 12.4. The zero-order valence-corrected chi connectivity index (χ0v) is 19.2. The third-order valence-electron chi connectivity index (χ3n) is 6.36. The highest BCUT2D eigenvalue weighted by atomic mass is 16.1. The van der Waals surface area contributed by atoms with E-state index in [1.54, 1.807) is 17.8 Å². The van der Waals surface area contributed by atoms with E-state index >= 15 is 0 Å². The first kappa shape index (κ1) is 21.4. The second-order valence-corrected chi connectivity index (χ2v) is 8.41. The molecule has 172 valence electrons. The molecule has 1 aliphatic rings. The first-order valence-corrected chi connectivity index (χ1v) is 11.2. The highest BCUT2D eigenvalue weighted by Crippen LogP contribution is 2.31. The van der Waals surface area contributed by atoms with E-state index < -0.39 is 0 Å². The van der Waals surface area contributed by atoms with Crippen LogP contribution in [-0.2, 0) is 6.54 Å². The van der Waals surface area contributed by atoms with Gasteiger partial charge in [-0.05, 0) is 19.2 Å². The third-order valence-corrected chi connectivity index (χ3v) is 6.36. The van der Waals surface area contributed by atoms with Gasteiger partial charge in [-0.25, -0.2) is 9.97 Å². The number of rotatable bonds is 6. The zero-order chi connectivity index (χ0) is 22.9. The Morgan fingerprint density at radius 2 is 1.94 bits per heavy atom. The SMILES string of the molecule is CNC(=O)c1cnn2c(NC)cc(-c3cn(CCN4CCN(C)CC4)c4ncccc34)nc12. The molecule has 33 heavy (non-hydrogen) atoms. The number of carbonyl (C=O) groups is 1. The Bertz CT molecular complexity index is 1300. The molecule has 0 unspecified atom stereocenters. The van der Waals surface area contributed by atoms with Crippen molar-refractivity contribution in [3.8, 4) is 11.3 Å². The molecule has 2 N–H and O–H groups in total. The Kier molecular flexibility index (Phi) is 5.69. The lowest BCUT2D eigenvalue weighted by molar-refractivity contribution is 0.0964. The molecule has 0 atom stereocenters. The number of aromatic nitrogens is 5. The van der Waals surface area contributed by atoms with Crippen molar-refractivity contribution in [3.05, 3.63) is 42.4 Å². The Morgan fingerprint density at radius 3 is 2.70 bits per heavy atom. The van der Waals surface area contributed by atoms with Crippen LogP contribution in [0.5, 0.6) is 0 Å². The van der Waals surface area contributed by atoms with E-state index in [-0.39, 0.29) is 5.91 Å². The number of anilines is 1. The maximum atomic E-state index is 12.4. The van der Waals surface area contributed by atoms with Crippen LogP contribution >= 0.6 is 0 Å². The third kappa shape index (κ3) is 3.91. The Balaban J connectivity index is 1.55. The maximum Gasteiger partial charge on any atom is 0.256 e. The van der Waals surface area contributed by atoms with Gasteiger partial charge in [-0.15, -0.1) is 0 Å². The van der Waals surface area contributed by atoms with Gasteiger partial charge in [-0.2, -0.15) is 9.61 Å². The van der Waals surface area contributed by atoms with Gasteiger partial charge in [0.05, 0.1) is 11.9 Å². The topological polar surface area (TPSA) is 95.6 Å². The number of nitrogens with zero attached hydrogens (tertiary/aromatic N) is 7. The van der Waals surface area contributed by atoms with Crippen molar-refractivity contribution in [2.24, 2.45) is 0 Å². The van der Waals surface area contributed by atoms with E-state index in [9.17, 15) is 4.79 Å². The summed E-state index contributed by atoms with van der Waals surface area (Å²) in [5, 5.41) is 11.2. The van der Waals surface area contributed by atoms with Crippen LogP contribution in [-0.4, -0.2) is 93.7 Å². The number of likely N-dealkylation sites (N-methyl/N-ethyl adjacent to an activating group) is 1. The summed E-state index contributed by atoms with van der Waals surface area (Å²) >= 11 is 0. The number of pyridine rings is 1. The quantitative estimate of drug-likeness (QED) is 0.461. The second kappa shape index (κ2) is 8.80. The minimum Gasteiger partial charge on any atom is -0.373 e. The van der Waals surface area contributed by atoms with Crippen LogP contribution in [0.1, 0.15) is 10.4 Å². The van der Waals surface area contributed by atoms with Crippen LogP contribution < -0.4 is 10.6 Å². The fourth-order valence-corrected chi connectivity index (χ4v) is 4.39. The normalized spacial score (nSPS) is 15.4. The van der Waals surface area contributed by atoms with Crippen molar-refractivity contribution in [1.29, 1.82) is 0 Å². The van der Waals surface area contributed by atoms with Gasteiger partial charge in [0, 0.05) is 82.8 Å². The standard InChI is InChI=1S/C23H29N9O/c1-24-20-13-19(28-22-17(23(33)25-2)14-27-32(20)22)18-15-31(21-16(18)5-4-6-26-21)12-11-30-9-7-29(3)8-10-30/h4-6,13-15,24H,7-12H2,1-3H3,(H,25,33). The van der Waals surface area contributed by atoms with Crippen molar-refractivity contribution < 1.29 is 4.79 Å². The summed E-state index contributed by atoms with van der Waals surface area (Å²) in [4.78, 5) is 26.7. The largest absolute Gasteiger partial charge is 0.373 e. The lowest BCUT2D eigenvalue weighted by atomic mass is 10.1. The van der Waals surface area contributed by atoms with Crippen LogP contribution in [0.2, 0.25) is 0 Å². The van der Waals surface area contributed by atoms with Gasteiger partial charge in [0.25, 0.3) is 5.91 Å². The zero-order valence-electron chi connectivity index (χ0n) is 19.2. The molecule has 10 heteroatoms. The first-order chi connectivity index (χ1) is 16.1. The predicted octanol–water partition coefficient (Wildman–Crippen LogP) is 1.39. The van der Waals surface area contributed by atoms with Gasteiger partial charge in [0.2, 0.25) is 0 Å². The lowest BCUT2D eigenvalue weighted by Crippen LogP contribution is -2.45. The van der Waals surface area contributed by atoms with Gasteiger partial charge < -0.3 is 20.1 Å². The molecular formula is C23H29N9O. The highest BCUT2D eigenvalue weighted by molar-refractivity contribution is 6.00. The van der Waals surface area contributed by atoms with Gasteiger partial charge >= 0.3 is 0 Å². The molecule has 10 nitrogen and oxygen atoms in total. The number of amides is 1. The van der Waals surface area contributed by atoms with E-state index in [0.29, 0.717) is 11.2 Å². The molecule has 1 amide bonds. The summed E-state index contributed by atoms with van der Waals surface area (Å²) in [6, 6.07) is 5.98. The van der Waals surface area contributed by atoms with Gasteiger partial charge in [-0.1, -0.05) is 0 Å². The Hall–Kier alpha value is -3.50. The smallest absolute Gasteiger partial charge is 0.256 e. The van der Waals surface area contributed by atoms with Crippen LogP contribution in [0.25, 0.3) is 27.9 Å². The monoisotopic (exact) mass is 447 g/mol. The van der Waals surface area contributed by atoms with Gasteiger partial charge in [-0.3, -0.25) is 9.69 Å². The summed E-state index contributed by atoms with van der Waals surface area (Å²) in [6.45, 7) is 6.21. The molecule has 0 aromatic carbocycles. The molecule has 5 rings (SSSR count). The summed E-state index contributed by atoms with van der Waals surface area (Å²) in [5.74, 6) is 0.542. The number of piperazine rings is 1. The van der Waals surface area contributed by atoms with Crippen molar-refractivity contribution in [1.82, 2.24) is 39.3 Å². The first-order valence-electron chi connectivity index (χ1n) is 11.2. The summed E-state index contributed by atoms with van der Waals surface area (Å²) in [5.41, 5.74) is 3.65. The minimum absolute atomic E-state index is 0.215. The summed E-state index contributed by atoms with van der Waals surface area (Å²) < 4.78 is 3.86. The molecule has 4 aromatic rings. The number of hydrogen-bond donors (Lipinski definition) is 2. The van der Waals surface area contributed by atoms with E-state index in [4.69, 9.17) is 4.98 Å². The average Bonchev–Trinajstić information content (AvgIpc) is 3.44. The molecule has 0 spiro atoms. The van der Waals surface area contributed by atoms with Gasteiger partial charge in [0.1, 0.15) is 17.0 Å². The molecule has 0 radical (unpaired) electrons. The number of fused-ring (bicyclic) bond motifs is 2. The number of nitrogens with one attached hydrogen (secondary N) is 2. The molecule has 1 saturated heterocycles. The fraction of sp³-hybridized carbons (Fsp3) is 0.391. The Morgan fingerprint density at radius 1 is 1.12 bits per heavy atom. The van der Waals surface area contributed by atoms with E-state index in [2.05, 4.69) is 54.4 Å². The van der Waals surface area contributed by atoms with Crippen LogP contribution in [0.4, 0.5) is 5.82 Å². The van der Waals surface area contributed by atoms with E-state index in [1.807, 2.05) is 25.4 Å². The Labute approximate surface area is 192 Å². The van der Waals surface area contributed by atoms with E-state index in [0.717, 1.165) is 67.4 Å². The van der Waals surface area contributed by atoms with Crippen molar-refractivity contribution in [3.63, 3.8) is 0 Å². The van der Waals surface area contributed by atoms with Crippen LogP contribution in [0, 0.1) is 0 Å². The molecule has 0 saturated carbocycles. The molecule has 5 heterocycles.